The average Bonchev–Trinajstić information content (AvgIpc) is 3.46. The number of amides is 1. The van der Waals surface area contributed by atoms with E-state index in [4.69, 9.17) is 4.74 Å². The van der Waals surface area contributed by atoms with E-state index in [1.165, 1.54) is 15.6 Å². The summed E-state index contributed by atoms with van der Waals surface area (Å²) in [5, 5.41) is 4.65. The third kappa shape index (κ3) is 4.48. The largest absolute Gasteiger partial charge is 0.378 e. The van der Waals surface area contributed by atoms with Gasteiger partial charge in [-0.05, 0) is 42.0 Å². The van der Waals surface area contributed by atoms with Crippen LogP contribution in [0.5, 0.6) is 0 Å². The van der Waals surface area contributed by atoms with E-state index in [1.54, 1.807) is 17.5 Å². The van der Waals surface area contributed by atoms with Crippen molar-refractivity contribution in [3.63, 3.8) is 0 Å². The molecule has 1 N–H and O–H groups in total. The van der Waals surface area contributed by atoms with Gasteiger partial charge in [0.2, 0.25) is 5.91 Å². The molecule has 2 aliphatic rings. The van der Waals surface area contributed by atoms with Crippen molar-refractivity contribution >= 4 is 33.0 Å². The fourth-order valence-corrected chi connectivity index (χ4v) is 6.54. The second kappa shape index (κ2) is 8.83. The number of sulfonamides is 1. The van der Waals surface area contributed by atoms with E-state index in [0.29, 0.717) is 25.9 Å². The Balaban J connectivity index is 1.36. The van der Waals surface area contributed by atoms with Gasteiger partial charge in [0, 0.05) is 31.9 Å². The second-order valence-corrected chi connectivity index (χ2v) is 10.3. The maximum atomic E-state index is 12.8. The van der Waals surface area contributed by atoms with Gasteiger partial charge in [-0.3, -0.25) is 4.79 Å². The Hall–Kier alpha value is -1.94. The average molecular weight is 436 g/mol. The lowest BCUT2D eigenvalue weighted by Crippen LogP contribution is -2.45. The van der Waals surface area contributed by atoms with Crippen LogP contribution >= 0.6 is 11.3 Å². The molecule has 1 aromatic carbocycles. The number of rotatable bonds is 6. The lowest BCUT2D eigenvalue weighted by atomic mass is 10.1. The minimum Gasteiger partial charge on any atom is -0.378 e. The number of ether oxygens (including phenoxy) is 1. The predicted octanol–water partition coefficient (Wildman–Crippen LogP) is 2.05. The lowest BCUT2D eigenvalue weighted by Gasteiger charge is -2.29. The smallest absolute Gasteiger partial charge is 0.253 e. The summed E-state index contributed by atoms with van der Waals surface area (Å²) in [7, 11) is -3.62. The third-order valence-electron chi connectivity index (χ3n) is 5.34. The van der Waals surface area contributed by atoms with Gasteiger partial charge in [-0.25, -0.2) is 8.42 Å². The number of nitrogens with one attached hydrogen (secondary N) is 1. The van der Waals surface area contributed by atoms with Crippen LogP contribution in [0.1, 0.15) is 18.4 Å². The van der Waals surface area contributed by atoms with E-state index in [9.17, 15) is 13.2 Å². The topological polar surface area (TPSA) is 79.0 Å². The molecule has 2 aromatic rings. The number of carbonyl (C=O) groups is 1. The van der Waals surface area contributed by atoms with Crippen LogP contribution < -0.4 is 10.2 Å². The molecule has 156 valence electrons. The molecule has 0 unspecified atom stereocenters. The highest BCUT2D eigenvalue weighted by Crippen LogP contribution is 2.28. The first kappa shape index (κ1) is 20.3. The monoisotopic (exact) mass is 435 g/mol. The number of benzene rings is 1. The first-order valence-corrected chi connectivity index (χ1v) is 12.1. The quantitative estimate of drug-likeness (QED) is 0.751. The summed E-state index contributed by atoms with van der Waals surface area (Å²) in [6.07, 6.45) is 1.24. The molecule has 2 saturated heterocycles. The van der Waals surface area contributed by atoms with E-state index < -0.39 is 16.1 Å². The van der Waals surface area contributed by atoms with Crippen LogP contribution in [0.25, 0.3) is 0 Å². The molecular weight excluding hydrogens is 410 g/mol. The minimum atomic E-state index is -3.62. The van der Waals surface area contributed by atoms with E-state index in [-0.39, 0.29) is 10.1 Å². The highest BCUT2D eigenvalue weighted by Gasteiger charge is 2.39. The summed E-state index contributed by atoms with van der Waals surface area (Å²) in [5.74, 6) is -0.236. The standard InChI is InChI=1S/C20H25N3O4S2/c24-20(18-3-1-9-23(18)29(25,26)19-4-2-14-28-19)21-15-16-5-7-17(8-6-16)22-10-12-27-13-11-22/h2,4-8,14,18H,1,3,9-13,15H2,(H,21,24)/t18-/m0/s1. The molecule has 0 saturated carbocycles. The molecule has 2 fully saturated rings. The summed E-state index contributed by atoms with van der Waals surface area (Å²) >= 11 is 1.18. The first-order valence-electron chi connectivity index (χ1n) is 9.80. The molecule has 0 spiro atoms. The molecule has 29 heavy (non-hydrogen) atoms. The summed E-state index contributed by atoms with van der Waals surface area (Å²) in [5.41, 5.74) is 2.13. The number of thiophene rings is 1. The lowest BCUT2D eigenvalue weighted by molar-refractivity contribution is -0.124. The first-order chi connectivity index (χ1) is 14.1. The van der Waals surface area contributed by atoms with Crippen LogP contribution in [0, 0.1) is 0 Å². The van der Waals surface area contributed by atoms with Crippen molar-refractivity contribution in [1.29, 1.82) is 0 Å². The number of hydrogen-bond acceptors (Lipinski definition) is 6. The Kier molecular flexibility index (Phi) is 6.19. The van der Waals surface area contributed by atoms with Crippen LogP contribution in [0.3, 0.4) is 0 Å². The molecular formula is C20H25N3O4S2. The molecule has 3 heterocycles. The summed E-state index contributed by atoms with van der Waals surface area (Å²) < 4.78 is 32.6. The van der Waals surface area contributed by atoms with E-state index in [2.05, 4.69) is 22.3 Å². The van der Waals surface area contributed by atoms with E-state index in [0.717, 1.165) is 37.6 Å². The summed E-state index contributed by atoms with van der Waals surface area (Å²) in [6, 6.07) is 10.8. The normalized spacial score (nSPS) is 20.7. The van der Waals surface area contributed by atoms with Gasteiger partial charge in [0.05, 0.1) is 13.2 Å². The van der Waals surface area contributed by atoms with Crippen LogP contribution in [0.4, 0.5) is 5.69 Å². The fraction of sp³-hybridized carbons (Fsp3) is 0.450. The van der Waals surface area contributed by atoms with E-state index in [1.807, 2.05) is 12.1 Å². The molecule has 0 bridgehead atoms. The zero-order chi connectivity index (χ0) is 20.3. The molecule has 0 aliphatic carbocycles. The Bertz CT molecular complexity index is 923. The number of morpholine rings is 1. The second-order valence-electron chi connectivity index (χ2n) is 7.19. The van der Waals surface area contributed by atoms with Gasteiger partial charge in [-0.1, -0.05) is 18.2 Å². The van der Waals surface area contributed by atoms with Crippen LogP contribution in [0.15, 0.2) is 46.0 Å². The minimum absolute atomic E-state index is 0.236. The van der Waals surface area contributed by atoms with Crippen LogP contribution in [-0.4, -0.2) is 57.5 Å². The highest BCUT2D eigenvalue weighted by atomic mass is 32.2. The van der Waals surface area contributed by atoms with Crippen molar-refractivity contribution < 1.29 is 17.9 Å². The SMILES string of the molecule is O=C(NCc1ccc(N2CCOCC2)cc1)[C@@H]1CCCN1S(=O)(=O)c1cccs1. The third-order valence-corrected chi connectivity index (χ3v) is 8.62. The van der Waals surface area contributed by atoms with Crippen LogP contribution in [-0.2, 0) is 26.1 Å². The summed E-state index contributed by atoms with van der Waals surface area (Å²) in [4.78, 5) is 15.0. The number of anilines is 1. The van der Waals surface area contributed by atoms with Gasteiger partial charge in [-0.2, -0.15) is 4.31 Å². The predicted molar refractivity (Wildman–Crippen MR) is 113 cm³/mol. The van der Waals surface area contributed by atoms with Gasteiger partial charge in [0.25, 0.3) is 10.0 Å². The Morgan fingerprint density at radius 2 is 1.90 bits per heavy atom. The van der Waals surface area contributed by atoms with Crippen LogP contribution in [0.2, 0.25) is 0 Å². The molecule has 1 atom stereocenters. The number of hydrogen-bond donors (Lipinski definition) is 1. The highest BCUT2D eigenvalue weighted by molar-refractivity contribution is 7.91. The van der Waals surface area contributed by atoms with Gasteiger partial charge in [0.1, 0.15) is 10.3 Å². The van der Waals surface area contributed by atoms with Gasteiger partial charge < -0.3 is 15.0 Å². The maximum Gasteiger partial charge on any atom is 0.253 e. The van der Waals surface area contributed by atoms with Crippen molar-refractivity contribution in [1.82, 2.24) is 9.62 Å². The zero-order valence-electron chi connectivity index (χ0n) is 16.1. The summed E-state index contributed by atoms with van der Waals surface area (Å²) in [6.45, 7) is 4.00. The Labute approximate surface area is 175 Å². The molecule has 0 radical (unpaired) electrons. The van der Waals surface area contributed by atoms with Crippen molar-refractivity contribution in [2.75, 3.05) is 37.7 Å². The van der Waals surface area contributed by atoms with Crippen molar-refractivity contribution in [3.8, 4) is 0 Å². The number of nitrogens with zero attached hydrogens (tertiary/aromatic N) is 2. The van der Waals surface area contributed by atoms with Crippen molar-refractivity contribution in [2.24, 2.45) is 0 Å². The molecule has 4 rings (SSSR count). The maximum absolute atomic E-state index is 12.8. The molecule has 7 nitrogen and oxygen atoms in total. The molecule has 1 amide bonds. The van der Waals surface area contributed by atoms with E-state index >= 15 is 0 Å². The zero-order valence-corrected chi connectivity index (χ0v) is 17.8. The van der Waals surface area contributed by atoms with Gasteiger partial charge in [-0.15, -0.1) is 11.3 Å². The van der Waals surface area contributed by atoms with Gasteiger partial charge >= 0.3 is 0 Å². The van der Waals surface area contributed by atoms with Crippen molar-refractivity contribution in [2.45, 2.75) is 29.6 Å². The molecule has 2 aliphatic heterocycles. The molecule has 9 heteroatoms. The van der Waals surface area contributed by atoms with Gasteiger partial charge in [0.15, 0.2) is 0 Å². The molecule has 1 aromatic heterocycles. The number of carbonyl (C=O) groups excluding carboxylic acids is 1. The Morgan fingerprint density at radius 3 is 2.59 bits per heavy atom. The Morgan fingerprint density at radius 1 is 1.14 bits per heavy atom. The fourth-order valence-electron chi connectivity index (χ4n) is 3.77. The van der Waals surface area contributed by atoms with Crippen molar-refractivity contribution in [3.05, 3.63) is 47.3 Å².